The second-order valence-corrected chi connectivity index (χ2v) is 3.89. The number of benzene rings is 1. The smallest absolute Gasteiger partial charge is 0.235 e. The molecule has 0 saturated heterocycles. The summed E-state index contributed by atoms with van der Waals surface area (Å²) in [5, 5.41) is 11.0. The van der Waals surface area contributed by atoms with Gasteiger partial charge in [-0.3, -0.25) is 0 Å². The summed E-state index contributed by atoms with van der Waals surface area (Å²) in [6.07, 6.45) is 0. The summed E-state index contributed by atoms with van der Waals surface area (Å²) < 4.78 is 5.29. The maximum atomic E-state index is 5.29. The topological polar surface area (TPSA) is 51.0 Å². The van der Waals surface area contributed by atoms with E-state index >= 15 is 0 Å². The van der Waals surface area contributed by atoms with Crippen LogP contribution in [-0.4, -0.2) is 10.2 Å². The van der Waals surface area contributed by atoms with E-state index in [4.69, 9.17) is 4.42 Å². The molecule has 0 unspecified atom stereocenters. The van der Waals surface area contributed by atoms with Gasteiger partial charge in [0.1, 0.15) is 0 Å². The van der Waals surface area contributed by atoms with E-state index in [1.807, 2.05) is 0 Å². The zero-order chi connectivity index (χ0) is 11.5. The SMILES string of the molecule is Cc1ccc(C)c(NCc2nnc(C)o2)c1. The number of aromatic nitrogens is 2. The molecule has 0 spiro atoms. The number of hydrogen-bond donors (Lipinski definition) is 1. The van der Waals surface area contributed by atoms with Crippen LogP contribution in [0.1, 0.15) is 22.9 Å². The van der Waals surface area contributed by atoms with Crippen LogP contribution in [0.5, 0.6) is 0 Å². The van der Waals surface area contributed by atoms with Gasteiger partial charge >= 0.3 is 0 Å². The van der Waals surface area contributed by atoms with E-state index in [0.29, 0.717) is 18.3 Å². The van der Waals surface area contributed by atoms with E-state index in [9.17, 15) is 0 Å². The molecule has 1 aromatic carbocycles. The highest BCUT2D eigenvalue weighted by molar-refractivity contribution is 5.52. The van der Waals surface area contributed by atoms with E-state index < -0.39 is 0 Å². The third-order valence-corrected chi connectivity index (χ3v) is 2.39. The quantitative estimate of drug-likeness (QED) is 0.858. The van der Waals surface area contributed by atoms with Gasteiger partial charge in [-0.1, -0.05) is 12.1 Å². The lowest BCUT2D eigenvalue weighted by atomic mass is 10.1. The molecule has 0 aliphatic carbocycles. The van der Waals surface area contributed by atoms with Crippen LogP contribution >= 0.6 is 0 Å². The standard InChI is InChI=1S/C12H15N3O/c1-8-4-5-9(2)11(6-8)13-7-12-15-14-10(3)16-12/h4-6,13H,7H2,1-3H3. The van der Waals surface area contributed by atoms with E-state index in [1.165, 1.54) is 11.1 Å². The predicted octanol–water partition coefficient (Wildman–Crippen LogP) is 2.61. The molecule has 0 saturated carbocycles. The molecule has 84 valence electrons. The molecular weight excluding hydrogens is 202 g/mol. The van der Waals surface area contributed by atoms with Crippen LogP contribution in [0.25, 0.3) is 0 Å². The van der Waals surface area contributed by atoms with Gasteiger partial charge in [0, 0.05) is 12.6 Å². The van der Waals surface area contributed by atoms with Crippen LogP contribution in [0.15, 0.2) is 22.6 Å². The Morgan fingerprint density at radius 2 is 2.00 bits per heavy atom. The summed E-state index contributed by atoms with van der Waals surface area (Å²) in [4.78, 5) is 0. The molecule has 4 nitrogen and oxygen atoms in total. The summed E-state index contributed by atoms with van der Waals surface area (Å²) in [5.41, 5.74) is 3.55. The molecule has 0 aliphatic heterocycles. The highest BCUT2D eigenvalue weighted by Crippen LogP contribution is 2.17. The maximum absolute atomic E-state index is 5.29. The number of aryl methyl sites for hydroxylation is 3. The Balaban J connectivity index is 2.07. The Bertz CT molecular complexity index is 491. The van der Waals surface area contributed by atoms with Gasteiger partial charge in [-0.2, -0.15) is 0 Å². The summed E-state index contributed by atoms with van der Waals surface area (Å²) in [6.45, 7) is 6.49. The second-order valence-electron chi connectivity index (χ2n) is 3.89. The zero-order valence-corrected chi connectivity index (χ0v) is 9.74. The van der Waals surface area contributed by atoms with Crippen molar-refractivity contribution in [1.29, 1.82) is 0 Å². The lowest BCUT2D eigenvalue weighted by molar-refractivity contribution is 0.475. The first-order valence-electron chi connectivity index (χ1n) is 5.25. The summed E-state index contributed by atoms with van der Waals surface area (Å²) in [6, 6.07) is 6.30. The second kappa shape index (κ2) is 4.35. The Labute approximate surface area is 94.7 Å². The molecule has 4 heteroatoms. The zero-order valence-electron chi connectivity index (χ0n) is 9.74. The van der Waals surface area contributed by atoms with Crippen LogP contribution in [0, 0.1) is 20.8 Å². The minimum Gasteiger partial charge on any atom is -0.424 e. The van der Waals surface area contributed by atoms with Crippen LogP contribution in [0.2, 0.25) is 0 Å². The molecule has 0 aliphatic rings. The molecular formula is C12H15N3O. The van der Waals surface area contributed by atoms with Crippen LogP contribution in [0.3, 0.4) is 0 Å². The minimum absolute atomic E-state index is 0.561. The first-order valence-corrected chi connectivity index (χ1v) is 5.25. The fourth-order valence-electron chi connectivity index (χ4n) is 1.51. The van der Waals surface area contributed by atoms with Crippen molar-refractivity contribution in [3.63, 3.8) is 0 Å². The Hall–Kier alpha value is -1.84. The van der Waals surface area contributed by atoms with Crippen molar-refractivity contribution in [1.82, 2.24) is 10.2 Å². The number of anilines is 1. The Morgan fingerprint density at radius 3 is 2.69 bits per heavy atom. The van der Waals surface area contributed by atoms with Gasteiger partial charge in [-0.15, -0.1) is 10.2 Å². The van der Waals surface area contributed by atoms with E-state index in [-0.39, 0.29) is 0 Å². The lowest BCUT2D eigenvalue weighted by Crippen LogP contribution is -2.01. The first kappa shape index (κ1) is 10.7. The van der Waals surface area contributed by atoms with Crippen LogP contribution < -0.4 is 5.32 Å². The minimum atomic E-state index is 0.561. The molecule has 16 heavy (non-hydrogen) atoms. The molecule has 1 heterocycles. The first-order chi connectivity index (χ1) is 7.65. The van der Waals surface area contributed by atoms with Gasteiger partial charge in [0.25, 0.3) is 0 Å². The van der Waals surface area contributed by atoms with Crippen molar-refractivity contribution in [2.45, 2.75) is 27.3 Å². The molecule has 0 fully saturated rings. The van der Waals surface area contributed by atoms with Crippen molar-refractivity contribution < 1.29 is 4.42 Å². The largest absolute Gasteiger partial charge is 0.424 e. The van der Waals surface area contributed by atoms with Gasteiger partial charge in [-0.25, -0.2) is 0 Å². The fourth-order valence-corrected chi connectivity index (χ4v) is 1.51. The number of nitrogens with zero attached hydrogens (tertiary/aromatic N) is 2. The summed E-state index contributed by atoms with van der Waals surface area (Å²) >= 11 is 0. The summed E-state index contributed by atoms with van der Waals surface area (Å²) in [7, 11) is 0. The van der Waals surface area contributed by atoms with E-state index in [1.54, 1.807) is 6.92 Å². The van der Waals surface area contributed by atoms with Crippen molar-refractivity contribution >= 4 is 5.69 Å². The molecule has 0 radical (unpaired) electrons. The normalized spacial score (nSPS) is 10.4. The maximum Gasteiger partial charge on any atom is 0.235 e. The van der Waals surface area contributed by atoms with Gasteiger partial charge in [-0.05, 0) is 31.0 Å². The van der Waals surface area contributed by atoms with E-state index in [2.05, 4.69) is 47.6 Å². The average Bonchev–Trinajstić information content (AvgIpc) is 2.66. The molecule has 2 rings (SSSR count). The number of hydrogen-bond acceptors (Lipinski definition) is 4. The van der Waals surface area contributed by atoms with Gasteiger partial charge in [0.05, 0.1) is 6.54 Å². The van der Waals surface area contributed by atoms with Crippen molar-refractivity contribution in [3.05, 3.63) is 41.1 Å². The average molecular weight is 217 g/mol. The van der Waals surface area contributed by atoms with Crippen molar-refractivity contribution in [3.8, 4) is 0 Å². The van der Waals surface area contributed by atoms with E-state index in [0.717, 1.165) is 5.69 Å². The molecule has 0 bridgehead atoms. The lowest BCUT2D eigenvalue weighted by Gasteiger charge is -2.08. The molecule has 1 N–H and O–H groups in total. The Morgan fingerprint density at radius 1 is 1.19 bits per heavy atom. The number of nitrogens with one attached hydrogen (secondary N) is 1. The molecule has 1 aromatic heterocycles. The van der Waals surface area contributed by atoms with Gasteiger partial charge in [0.2, 0.25) is 11.8 Å². The Kier molecular flexibility index (Phi) is 2.90. The van der Waals surface area contributed by atoms with Gasteiger partial charge in [0.15, 0.2) is 0 Å². The summed E-state index contributed by atoms with van der Waals surface area (Å²) in [5.74, 6) is 1.20. The molecule has 0 atom stereocenters. The predicted molar refractivity (Wildman–Crippen MR) is 62.3 cm³/mol. The molecule has 2 aromatic rings. The molecule has 0 amide bonds. The van der Waals surface area contributed by atoms with Crippen LogP contribution in [0.4, 0.5) is 5.69 Å². The highest BCUT2D eigenvalue weighted by Gasteiger charge is 2.03. The van der Waals surface area contributed by atoms with Crippen molar-refractivity contribution in [2.75, 3.05) is 5.32 Å². The third kappa shape index (κ3) is 2.39. The fraction of sp³-hybridized carbons (Fsp3) is 0.333. The highest BCUT2D eigenvalue weighted by atomic mass is 16.4. The van der Waals surface area contributed by atoms with Crippen LogP contribution in [-0.2, 0) is 6.54 Å². The number of rotatable bonds is 3. The monoisotopic (exact) mass is 217 g/mol. The van der Waals surface area contributed by atoms with Gasteiger partial charge < -0.3 is 9.73 Å². The van der Waals surface area contributed by atoms with Crippen molar-refractivity contribution in [2.24, 2.45) is 0 Å². The third-order valence-electron chi connectivity index (χ3n) is 2.39.